The SMILES string of the molecule is CCOC(=O)C1=C(C)NC(=O)NC1c1cc(OC)c(OCc2ccccc2)c([N+](=O)[O-])c1. The monoisotopic (exact) mass is 441 g/mol. The highest BCUT2D eigenvalue weighted by atomic mass is 16.6. The van der Waals surface area contributed by atoms with Crippen LogP contribution in [0.3, 0.4) is 0 Å². The summed E-state index contributed by atoms with van der Waals surface area (Å²) >= 11 is 0. The zero-order chi connectivity index (χ0) is 23.3. The predicted octanol–water partition coefficient (Wildman–Crippen LogP) is 3.37. The molecule has 0 radical (unpaired) electrons. The number of nitrogens with zero attached hydrogens (tertiary/aromatic N) is 1. The molecule has 2 amide bonds. The van der Waals surface area contributed by atoms with Crippen molar-refractivity contribution >= 4 is 17.7 Å². The van der Waals surface area contributed by atoms with Gasteiger partial charge in [-0.25, -0.2) is 9.59 Å². The van der Waals surface area contributed by atoms with Gasteiger partial charge in [-0.1, -0.05) is 30.3 Å². The predicted molar refractivity (Wildman–Crippen MR) is 114 cm³/mol. The van der Waals surface area contributed by atoms with Gasteiger partial charge in [0.15, 0.2) is 5.75 Å². The second-order valence-electron chi connectivity index (χ2n) is 6.89. The molecule has 0 spiro atoms. The fraction of sp³-hybridized carbons (Fsp3) is 0.273. The first-order valence-electron chi connectivity index (χ1n) is 9.84. The van der Waals surface area contributed by atoms with Gasteiger partial charge >= 0.3 is 17.7 Å². The van der Waals surface area contributed by atoms with Crippen molar-refractivity contribution < 1.29 is 28.7 Å². The normalized spacial score (nSPS) is 15.5. The zero-order valence-corrected chi connectivity index (χ0v) is 17.8. The molecule has 0 fully saturated rings. The fourth-order valence-electron chi connectivity index (χ4n) is 3.36. The summed E-state index contributed by atoms with van der Waals surface area (Å²) in [4.78, 5) is 35.9. The highest BCUT2D eigenvalue weighted by Gasteiger charge is 2.35. The minimum atomic E-state index is -0.974. The Hall–Kier alpha value is -4.08. The summed E-state index contributed by atoms with van der Waals surface area (Å²) in [5, 5.41) is 17.0. The van der Waals surface area contributed by atoms with E-state index in [-0.39, 0.29) is 41.5 Å². The van der Waals surface area contributed by atoms with E-state index in [4.69, 9.17) is 14.2 Å². The van der Waals surface area contributed by atoms with Crippen molar-refractivity contribution in [3.05, 3.63) is 75.0 Å². The summed E-state index contributed by atoms with van der Waals surface area (Å²) in [6.45, 7) is 3.44. The maximum absolute atomic E-state index is 12.5. The molecular formula is C22H23N3O7. The average Bonchev–Trinajstić information content (AvgIpc) is 2.77. The lowest BCUT2D eigenvalue weighted by molar-refractivity contribution is -0.386. The quantitative estimate of drug-likeness (QED) is 0.365. The number of nitrogens with one attached hydrogen (secondary N) is 2. The van der Waals surface area contributed by atoms with Crippen LogP contribution >= 0.6 is 0 Å². The summed E-state index contributed by atoms with van der Waals surface area (Å²) in [6, 6.07) is 10.4. The molecule has 1 unspecified atom stereocenters. The van der Waals surface area contributed by atoms with Crippen molar-refractivity contribution in [2.75, 3.05) is 13.7 Å². The Bertz CT molecular complexity index is 1070. The smallest absolute Gasteiger partial charge is 0.338 e. The largest absolute Gasteiger partial charge is 0.493 e. The Labute approximate surface area is 184 Å². The van der Waals surface area contributed by atoms with Crippen molar-refractivity contribution in [1.29, 1.82) is 0 Å². The molecule has 168 valence electrons. The number of carbonyl (C=O) groups is 2. The summed E-state index contributed by atoms with van der Waals surface area (Å²) in [5.41, 5.74) is 1.17. The van der Waals surface area contributed by atoms with Crippen LogP contribution < -0.4 is 20.1 Å². The molecule has 10 heteroatoms. The van der Waals surface area contributed by atoms with Crippen LogP contribution in [0.4, 0.5) is 10.5 Å². The van der Waals surface area contributed by atoms with Gasteiger partial charge in [0, 0.05) is 11.8 Å². The van der Waals surface area contributed by atoms with Gasteiger partial charge in [0.05, 0.1) is 30.3 Å². The Kier molecular flexibility index (Phi) is 6.93. The van der Waals surface area contributed by atoms with Gasteiger partial charge in [0.2, 0.25) is 5.75 Å². The molecule has 2 N–H and O–H groups in total. The Balaban J connectivity index is 2.05. The van der Waals surface area contributed by atoms with E-state index in [1.807, 2.05) is 30.3 Å². The Morgan fingerprint density at radius 2 is 1.94 bits per heavy atom. The number of esters is 1. The minimum Gasteiger partial charge on any atom is -0.493 e. The number of nitro groups is 1. The molecule has 1 aliphatic rings. The van der Waals surface area contributed by atoms with Crippen LogP contribution in [-0.4, -0.2) is 30.6 Å². The molecule has 1 aliphatic heterocycles. The first-order valence-corrected chi connectivity index (χ1v) is 9.84. The minimum absolute atomic E-state index is 0.0521. The van der Waals surface area contributed by atoms with Gasteiger partial charge in [-0.05, 0) is 31.0 Å². The number of hydrogen-bond donors (Lipinski definition) is 2. The lowest BCUT2D eigenvalue weighted by Gasteiger charge is -2.28. The van der Waals surface area contributed by atoms with Gasteiger partial charge < -0.3 is 24.8 Å². The summed E-state index contributed by atoms with van der Waals surface area (Å²) in [6.07, 6.45) is 0. The van der Waals surface area contributed by atoms with Crippen LogP contribution in [0.15, 0.2) is 53.7 Å². The summed E-state index contributed by atoms with van der Waals surface area (Å²) in [7, 11) is 1.35. The number of nitro benzene ring substituents is 1. The zero-order valence-electron chi connectivity index (χ0n) is 17.8. The van der Waals surface area contributed by atoms with E-state index in [0.29, 0.717) is 5.70 Å². The van der Waals surface area contributed by atoms with Crippen LogP contribution in [0.1, 0.15) is 31.0 Å². The first-order chi connectivity index (χ1) is 15.3. The third-order valence-electron chi connectivity index (χ3n) is 4.80. The molecule has 0 saturated heterocycles. The molecule has 3 rings (SSSR count). The maximum Gasteiger partial charge on any atom is 0.338 e. The fourth-order valence-corrected chi connectivity index (χ4v) is 3.36. The number of urea groups is 1. The van der Waals surface area contributed by atoms with Crippen LogP contribution in [0.5, 0.6) is 11.5 Å². The third-order valence-corrected chi connectivity index (χ3v) is 4.80. The van der Waals surface area contributed by atoms with E-state index < -0.39 is 23.0 Å². The Morgan fingerprint density at radius 3 is 2.56 bits per heavy atom. The number of carbonyl (C=O) groups excluding carboxylic acids is 2. The van der Waals surface area contributed by atoms with E-state index in [1.54, 1.807) is 13.8 Å². The molecule has 0 aromatic heterocycles. The summed E-state index contributed by atoms with van der Waals surface area (Å²) < 4.78 is 16.2. The maximum atomic E-state index is 12.5. The van der Waals surface area contributed by atoms with Crippen molar-refractivity contribution in [3.8, 4) is 11.5 Å². The number of amides is 2. The standard InChI is InChI=1S/C22H23N3O7/c1-4-31-21(26)18-13(2)23-22(27)24-19(18)15-10-16(25(28)29)20(17(11-15)30-3)32-12-14-8-6-5-7-9-14/h5-11,19H,4,12H2,1-3H3,(H2,23,24,27). The van der Waals surface area contributed by atoms with Crippen molar-refractivity contribution in [2.45, 2.75) is 26.5 Å². The second-order valence-corrected chi connectivity index (χ2v) is 6.89. The van der Waals surface area contributed by atoms with E-state index in [0.717, 1.165) is 5.56 Å². The first kappa shape index (κ1) is 22.6. The lowest BCUT2D eigenvalue weighted by Crippen LogP contribution is -2.45. The van der Waals surface area contributed by atoms with Crippen molar-refractivity contribution in [1.82, 2.24) is 10.6 Å². The number of ether oxygens (including phenoxy) is 3. The van der Waals surface area contributed by atoms with E-state index in [1.165, 1.54) is 19.2 Å². The van der Waals surface area contributed by atoms with Crippen LogP contribution in [0, 0.1) is 10.1 Å². The molecule has 0 aliphatic carbocycles. The number of benzene rings is 2. The van der Waals surface area contributed by atoms with E-state index in [2.05, 4.69) is 10.6 Å². The summed E-state index contributed by atoms with van der Waals surface area (Å²) in [5.74, 6) is -0.601. The van der Waals surface area contributed by atoms with Gasteiger partial charge in [0.1, 0.15) is 6.61 Å². The van der Waals surface area contributed by atoms with Crippen LogP contribution in [0.2, 0.25) is 0 Å². The molecule has 1 atom stereocenters. The molecule has 0 bridgehead atoms. The lowest BCUT2D eigenvalue weighted by atomic mass is 9.94. The van der Waals surface area contributed by atoms with Gasteiger partial charge in [-0.15, -0.1) is 0 Å². The van der Waals surface area contributed by atoms with Gasteiger partial charge in [0.25, 0.3) is 0 Å². The highest BCUT2D eigenvalue weighted by molar-refractivity contribution is 5.95. The molecular weight excluding hydrogens is 418 g/mol. The van der Waals surface area contributed by atoms with Crippen molar-refractivity contribution in [2.24, 2.45) is 0 Å². The molecule has 1 heterocycles. The van der Waals surface area contributed by atoms with Crippen LogP contribution in [-0.2, 0) is 16.1 Å². The number of hydrogen-bond acceptors (Lipinski definition) is 7. The molecule has 2 aromatic rings. The highest BCUT2D eigenvalue weighted by Crippen LogP contribution is 2.42. The molecule has 32 heavy (non-hydrogen) atoms. The number of rotatable bonds is 8. The van der Waals surface area contributed by atoms with Gasteiger partial charge in [-0.2, -0.15) is 0 Å². The molecule has 0 saturated carbocycles. The number of methoxy groups -OCH3 is 1. The number of allylic oxidation sites excluding steroid dienone is 1. The third kappa shape index (κ3) is 4.80. The Morgan fingerprint density at radius 1 is 1.22 bits per heavy atom. The van der Waals surface area contributed by atoms with Crippen molar-refractivity contribution in [3.63, 3.8) is 0 Å². The van der Waals surface area contributed by atoms with Gasteiger partial charge in [-0.3, -0.25) is 10.1 Å². The average molecular weight is 441 g/mol. The van der Waals surface area contributed by atoms with E-state index >= 15 is 0 Å². The molecule has 2 aromatic carbocycles. The topological polar surface area (TPSA) is 129 Å². The van der Waals surface area contributed by atoms with E-state index in [9.17, 15) is 19.7 Å². The molecule has 10 nitrogen and oxygen atoms in total. The van der Waals surface area contributed by atoms with Crippen LogP contribution in [0.25, 0.3) is 0 Å². The second kappa shape index (κ2) is 9.82.